The Morgan fingerprint density at radius 3 is 2.43 bits per heavy atom. The third-order valence-electron chi connectivity index (χ3n) is 4.15. The molecule has 6 nitrogen and oxygen atoms in total. The molecule has 1 aromatic heterocycles. The van der Waals surface area contributed by atoms with Gasteiger partial charge in [-0.2, -0.15) is 0 Å². The number of ether oxygens (including phenoxy) is 1. The van der Waals surface area contributed by atoms with Crippen LogP contribution in [0, 0.1) is 0 Å². The van der Waals surface area contributed by atoms with Crippen molar-refractivity contribution in [3.05, 3.63) is 84.8 Å². The van der Waals surface area contributed by atoms with E-state index in [1.807, 2.05) is 42.5 Å². The fourth-order valence-electron chi connectivity index (χ4n) is 2.61. The molecule has 0 aliphatic rings. The number of nitrogens with one attached hydrogen (secondary N) is 2. The Morgan fingerprint density at radius 1 is 1.04 bits per heavy atom. The van der Waals surface area contributed by atoms with Gasteiger partial charge in [0.25, 0.3) is 0 Å². The van der Waals surface area contributed by atoms with Crippen molar-refractivity contribution in [1.29, 1.82) is 0 Å². The second-order valence-corrected chi connectivity index (χ2v) is 6.33. The molecule has 2 aromatic carbocycles. The molecular formula is C22H22N4O2. The van der Waals surface area contributed by atoms with Gasteiger partial charge in [0.2, 0.25) is 11.8 Å². The lowest BCUT2D eigenvalue weighted by molar-refractivity contribution is -0.114. The zero-order valence-electron chi connectivity index (χ0n) is 15.8. The normalized spacial score (nSPS) is 11.4. The van der Waals surface area contributed by atoms with E-state index in [2.05, 4.69) is 46.2 Å². The molecule has 6 heteroatoms. The molecule has 3 aromatic rings. The molecule has 142 valence electrons. The predicted molar refractivity (Wildman–Crippen MR) is 110 cm³/mol. The first-order valence-electron chi connectivity index (χ1n) is 8.89. The van der Waals surface area contributed by atoms with Crippen molar-refractivity contribution < 1.29 is 9.53 Å². The van der Waals surface area contributed by atoms with Crippen LogP contribution in [0.3, 0.4) is 0 Å². The van der Waals surface area contributed by atoms with Gasteiger partial charge in [0, 0.05) is 30.3 Å². The van der Waals surface area contributed by atoms with Gasteiger partial charge in [-0.05, 0) is 29.8 Å². The molecule has 0 saturated heterocycles. The van der Waals surface area contributed by atoms with Crippen LogP contribution in [0.4, 0.5) is 11.5 Å². The van der Waals surface area contributed by atoms with E-state index in [1.165, 1.54) is 18.8 Å². The molecule has 28 heavy (non-hydrogen) atoms. The standard InChI is InChI=1S/C22H22N4O2/c1-15(18-7-5-4-6-8-18)16(2)25-19-9-11-20(12-10-19)28-22-13-21(23-14-24-22)26-17(3)27/h4-15,25H,2H2,1,3H3,(H,23,24,26,27)/t15-/m0/s1. The summed E-state index contributed by atoms with van der Waals surface area (Å²) in [6.45, 7) is 7.69. The second kappa shape index (κ2) is 8.81. The number of benzene rings is 2. The van der Waals surface area contributed by atoms with E-state index in [0.29, 0.717) is 17.4 Å². The molecular weight excluding hydrogens is 352 g/mol. The minimum absolute atomic E-state index is 0.186. The van der Waals surface area contributed by atoms with E-state index in [4.69, 9.17) is 4.74 Å². The smallest absolute Gasteiger partial charge is 0.224 e. The molecule has 0 saturated carbocycles. The van der Waals surface area contributed by atoms with Gasteiger partial charge in [-0.1, -0.05) is 43.8 Å². The van der Waals surface area contributed by atoms with E-state index in [1.54, 1.807) is 6.07 Å². The lowest BCUT2D eigenvalue weighted by atomic mass is 9.98. The molecule has 0 fully saturated rings. The number of allylic oxidation sites excluding steroid dienone is 1. The average molecular weight is 374 g/mol. The Hall–Kier alpha value is -3.67. The van der Waals surface area contributed by atoms with Gasteiger partial charge in [0.1, 0.15) is 17.9 Å². The minimum atomic E-state index is -0.204. The number of carbonyl (C=O) groups is 1. The van der Waals surface area contributed by atoms with E-state index < -0.39 is 0 Å². The molecule has 2 N–H and O–H groups in total. The van der Waals surface area contributed by atoms with E-state index in [0.717, 1.165) is 11.4 Å². The SMILES string of the molecule is C=C(Nc1ccc(Oc2cc(NC(C)=O)ncn2)cc1)[C@H](C)c1ccccc1. The van der Waals surface area contributed by atoms with Crippen molar-refractivity contribution in [1.82, 2.24) is 9.97 Å². The van der Waals surface area contributed by atoms with Crippen LogP contribution in [-0.2, 0) is 4.79 Å². The maximum absolute atomic E-state index is 11.1. The number of rotatable bonds is 7. The van der Waals surface area contributed by atoms with Crippen LogP contribution in [-0.4, -0.2) is 15.9 Å². The highest BCUT2D eigenvalue weighted by atomic mass is 16.5. The van der Waals surface area contributed by atoms with Crippen molar-refractivity contribution in [2.75, 3.05) is 10.6 Å². The van der Waals surface area contributed by atoms with Gasteiger partial charge in [-0.3, -0.25) is 4.79 Å². The van der Waals surface area contributed by atoms with Gasteiger partial charge in [-0.15, -0.1) is 0 Å². The van der Waals surface area contributed by atoms with Crippen molar-refractivity contribution in [2.45, 2.75) is 19.8 Å². The van der Waals surface area contributed by atoms with Crippen molar-refractivity contribution in [2.24, 2.45) is 0 Å². The van der Waals surface area contributed by atoms with E-state index >= 15 is 0 Å². The van der Waals surface area contributed by atoms with Gasteiger partial charge in [0.15, 0.2) is 0 Å². The maximum Gasteiger partial charge on any atom is 0.224 e. The second-order valence-electron chi connectivity index (χ2n) is 6.33. The summed E-state index contributed by atoms with van der Waals surface area (Å²) in [5.74, 6) is 1.35. The molecule has 0 radical (unpaired) electrons. The van der Waals surface area contributed by atoms with Crippen LogP contribution in [0.2, 0.25) is 0 Å². The van der Waals surface area contributed by atoms with Crippen molar-refractivity contribution >= 4 is 17.4 Å². The molecule has 0 bridgehead atoms. The van der Waals surface area contributed by atoms with Crippen LogP contribution in [0.5, 0.6) is 11.6 Å². The number of nitrogens with zero attached hydrogens (tertiary/aromatic N) is 2. The van der Waals surface area contributed by atoms with Gasteiger partial charge >= 0.3 is 0 Å². The van der Waals surface area contributed by atoms with Crippen LogP contribution in [0.1, 0.15) is 25.3 Å². The monoisotopic (exact) mass is 374 g/mol. The minimum Gasteiger partial charge on any atom is -0.439 e. The van der Waals surface area contributed by atoms with E-state index in [-0.39, 0.29) is 11.8 Å². The van der Waals surface area contributed by atoms with Crippen LogP contribution >= 0.6 is 0 Å². The summed E-state index contributed by atoms with van der Waals surface area (Å²) in [4.78, 5) is 19.1. The van der Waals surface area contributed by atoms with Crippen LogP contribution < -0.4 is 15.4 Å². The lowest BCUT2D eigenvalue weighted by Gasteiger charge is -2.17. The summed E-state index contributed by atoms with van der Waals surface area (Å²) in [5.41, 5.74) is 3.04. The summed E-state index contributed by atoms with van der Waals surface area (Å²) in [6, 6.07) is 19.3. The number of aromatic nitrogens is 2. The van der Waals surface area contributed by atoms with E-state index in [9.17, 15) is 4.79 Å². The fourth-order valence-corrected chi connectivity index (χ4v) is 2.61. The molecule has 3 rings (SSSR count). The highest BCUT2D eigenvalue weighted by molar-refractivity contribution is 5.87. The molecule has 1 amide bonds. The quantitative estimate of drug-likeness (QED) is 0.611. The zero-order chi connectivity index (χ0) is 19.9. The first kappa shape index (κ1) is 19.1. The Kier molecular flexibility index (Phi) is 6.01. The Labute approximate surface area is 164 Å². The fraction of sp³-hybridized carbons (Fsp3) is 0.136. The first-order valence-corrected chi connectivity index (χ1v) is 8.89. The highest BCUT2D eigenvalue weighted by Crippen LogP contribution is 2.26. The average Bonchev–Trinajstić information content (AvgIpc) is 2.69. The summed E-state index contributed by atoms with van der Waals surface area (Å²) in [5, 5.41) is 5.93. The number of anilines is 2. The highest BCUT2D eigenvalue weighted by Gasteiger charge is 2.09. The van der Waals surface area contributed by atoms with Crippen LogP contribution in [0.25, 0.3) is 0 Å². The number of amides is 1. The van der Waals surface area contributed by atoms with Crippen molar-refractivity contribution in [3.8, 4) is 11.6 Å². The van der Waals surface area contributed by atoms with Crippen LogP contribution in [0.15, 0.2) is 79.3 Å². The predicted octanol–water partition coefficient (Wildman–Crippen LogP) is 4.96. The Bertz CT molecular complexity index is 956. The van der Waals surface area contributed by atoms with Crippen molar-refractivity contribution in [3.63, 3.8) is 0 Å². The Morgan fingerprint density at radius 2 is 1.75 bits per heavy atom. The third kappa shape index (κ3) is 5.17. The maximum atomic E-state index is 11.1. The molecule has 0 aliphatic heterocycles. The summed E-state index contributed by atoms with van der Waals surface area (Å²) in [7, 11) is 0. The largest absolute Gasteiger partial charge is 0.439 e. The van der Waals surface area contributed by atoms with Gasteiger partial charge < -0.3 is 15.4 Å². The topological polar surface area (TPSA) is 76.1 Å². The van der Waals surface area contributed by atoms with Gasteiger partial charge in [0.05, 0.1) is 0 Å². The third-order valence-corrected chi connectivity index (χ3v) is 4.15. The molecule has 1 atom stereocenters. The number of hydrogen-bond donors (Lipinski definition) is 2. The molecule has 0 aliphatic carbocycles. The summed E-state index contributed by atoms with van der Waals surface area (Å²) < 4.78 is 5.72. The molecule has 1 heterocycles. The zero-order valence-corrected chi connectivity index (χ0v) is 15.8. The number of carbonyl (C=O) groups excluding carboxylic acids is 1. The summed E-state index contributed by atoms with van der Waals surface area (Å²) in [6.07, 6.45) is 1.34. The summed E-state index contributed by atoms with van der Waals surface area (Å²) >= 11 is 0. The lowest BCUT2D eigenvalue weighted by Crippen LogP contribution is -2.07. The Balaban J connectivity index is 1.62. The number of hydrogen-bond acceptors (Lipinski definition) is 5. The first-order chi connectivity index (χ1) is 13.5. The van der Waals surface area contributed by atoms with Gasteiger partial charge in [-0.25, -0.2) is 9.97 Å². The molecule has 0 unspecified atom stereocenters. The molecule has 0 spiro atoms.